The molecule has 1 aromatic carbocycles. The van der Waals surface area contributed by atoms with E-state index < -0.39 is 6.10 Å². The summed E-state index contributed by atoms with van der Waals surface area (Å²) in [7, 11) is 0. The molecule has 1 N–H and O–H groups in total. The van der Waals surface area contributed by atoms with Gasteiger partial charge in [0.15, 0.2) is 0 Å². The SMILES string of the molecule is O[C@@H](c1c(C2CC2)ccc2cncn12)[C@H]1CC[C@H](c2ccc(F)c(Cl)c2)CC1. The summed E-state index contributed by atoms with van der Waals surface area (Å²) in [5.74, 6) is 0.830. The predicted molar refractivity (Wildman–Crippen MR) is 108 cm³/mol. The average Bonchev–Trinajstić information content (AvgIpc) is 3.45. The van der Waals surface area contributed by atoms with Crippen LogP contribution in [0.3, 0.4) is 0 Å². The molecule has 1 atom stereocenters. The van der Waals surface area contributed by atoms with Crippen LogP contribution in [0, 0.1) is 11.7 Å². The van der Waals surface area contributed by atoms with Crippen molar-refractivity contribution >= 4 is 17.1 Å². The molecule has 3 nitrogen and oxygen atoms in total. The molecule has 146 valence electrons. The Morgan fingerprint density at radius 1 is 1.04 bits per heavy atom. The molecular formula is C23H24ClFN2O. The highest BCUT2D eigenvalue weighted by atomic mass is 35.5. The summed E-state index contributed by atoms with van der Waals surface area (Å²) < 4.78 is 15.5. The number of aliphatic hydroxyl groups excluding tert-OH is 1. The van der Waals surface area contributed by atoms with Gasteiger partial charge in [-0.3, -0.25) is 0 Å². The number of halogens is 2. The Bertz CT molecular complexity index is 1010. The van der Waals surface area contributed by atoms with Gasteiger partial charge in [0, 0.05) is 0 Å². The normalized spacial score (nSPS) is 23.8. The van der Waals surface area contributed by atoms with Gasteiger partial charge in [0.1, 0.15) is 5.82 Å². The first-order valence-corrected chi connectivity index (χ1v) is 10.6. The Morgan fingerprint density at radius 2 is 1.79 bits per heavy atom. The number of aliphatic hydroxyl groups is 1. The fraction of sp³-hybridized carbons (Fsp3) is 0.435. The van der Waals surface area contributed by atoms with Gasteiger partial charge in [-0.2, -0.15) is 0 Å². The van der Waals surface area contributed by atoms with Crippen LogP contribution >= 0.6 is 11.6 Å². The van der Waals surface area contributed by atoms with Gasteiger partial charge in [-0.1, -0.05) is 23.7 Å². The Hall–Kier alpha value is -1.91. The topological polar surface area (TPSA) is 37.5 Å². The van der Waals surface area contributed by atoms with Gasteiger partial charge in [-0.25, -0.2) is 9.37 Å². The highest BCUT2D eigenvalue weighted by molar-refractivity contribution is 6.30. The third-order valence-corrected chi connectivity index (χ3v) is 6.88. The van der Waals surface area contributed by atoms with Crippen molar-refractivity contribution in [1.82, 2.24) is 9.38 Å². The highest BCUT2D eigenvalue weighted by Crippen LogP contribution is 2.47. The Morgan fingerprint density at radius 3 is 2.50 bits per heavy atom. The second-order valence-corrected chi connectivity index (χ2v) is 8.77. The van der Waals surface area contributed by atoms with Crippen LogP contribution in [0.25, 0.3) is 5.52 Å². The summed E-state index contributed by atoms with van der Waals surface area (Å²) >= 11 is 5.97. The van der Waals surface area contributed by atoms with Crippen molar-refractivity contribution < 1.29 is 9.50 Å². The van der Waals surface area contributed by atoms with E-state index >= 15 is 0 Å². The van der Waals surface area contributed by atoms with E-state index in [1.807, 2.05) is 18.6 Å². The number of hydrogen-bond donors (Lipinski definition) is 1. The summed E-state index contributed by atoms with van der Waals surface area (Å²) in [6.45, 7) is 0. The number of rotatable bonds is 4. The number of benzene rings is 1. The van der Waals surface area contributed by atoms with Crippen molar-refractivity contribution in [2.24, 2.45) is 5.92 Å². The number of aromatic nitrogens is 2. The van der Waals surface area contributed by atoms with Crippen LogP contribution in [0.15, 0.2) is 42.9 Å². The molecule has 5 rings (SSSR count). The van der Waals surface area contributed by atoms with Gasteiger partial charge in [-0.15, -0.1) is 0 Å². The predicted octanol–water partition coefficient (Wildman–Crippen LogP) is 6.01. The molecule has 0 amide bonds. The van der Waals surface area contributed by atoms with Gasteiger partial charge in [0.25, 0.3) is 0 Å². The zero-order chi connectivity index (χ0) is 19.3. The highest BCUT2D eigenvalue weighted by Gasteiger charge is 2.34. The molecule has 2 fully saturated rings. The van der Waals surface area contributed by atoms with Crippen LogP contribution in [-0.4, -0.2) is 14.5 Å². The molecule has 3 aromatic rings. The standard InChI is InChI=1S/C23H24ClFN2O/c24-20-11-17(7-10-21(20)25)14-1-5-16(6-2-14)23(28)22-19(15-3-4-15)9-8-18-12-26-13-27(18)22/h7-16,23,28H,1-6H2/t14-,16-,23-/m1/s1. The van der Waals surface area contributed by atoms with Crippen molar-refractivity contribution in [2.75, 3.05) is 0 Å². The molecule has 0 spiro atoms. The molecule has 2 aromatic heterocycles. The summed E-state index contributed by atoms with van der Waals surface area (Å²) in [6, 6.07) is 9.35. The molecule has 0 saturated heterocycles. The van der Waals surface area contributed by atoms with Gasteiger partial charge in [0.05, 0.1) is 34.9 Å². The lowest BCUT2D eigenvalue weighted by Crippen LogP contribution is -2.22. The van der Waals surface area contributed by atoms with Gasteiger partial charge in [-0.05, 0) is 85.6 Å². The van der Waals surface area contributed by atoms with E-state index in [2.05, 4.69) is 21.5 Å². The molecule has 2 aliphatic carbocycles. The quantitative estimate of drug-likeness (QED) is 0.584. The summed E-state index contributed by atoms with van der Waals surface area (Å²) in [6.07, 6.45) is 9.49. The molecule has 0 aliphatic heterocycles. The van der Waals surface area contributed by atoms with Crippen molar-refractivity contribution in [3.05, 3.63) is 70.5 Å². The maximum Gasteiger partial charge on any atom is 0.141 e. The first-order valence-electron chi connectivity index (χ1n) is 10.2. The van der Waals surface area contributed by atoms with Crippen LogP contribution < -0.4 is 0 Å². The molecule has 0 bridgehead atoms. The van der Waals surface area contributed by atoms with E-state index in [1.54, 1.807) is 6.07 Å². The van der Waals surface area contributed by atoms with Crippen LogP contribution in [0.2, 0.25) is 5.02 Å². The second-order valence-electron chi connectivity index (χ2n) is 8.37. The molecule has 5 heteroatoms. The monoisotopic (exact) mass is 398 g/mol. The first-order chi connectivity index (χ1) is 13.6. The summed E-state index contributed by atoms with van der Waals surface area (Å²) in [4.78, 5) is 4.29. The molecule has 0 unspecified atom stereocenters. The van der Waals surface area contributed by atoms with Gasteiger partial charge in [0.2, 0.25) is 0 Å². The molecule has 28 heavy (non-hydrogen) atoms. The minimum atomic E-state index is -0.480. The first kappa shape index (κ1) is 18.1. The van der Waals surface area contributed by atoms with Crippen LogP contribution in [0.4, 0.5) is 4.39 Å². The van der Waals surface area contributed by atoms with Crippen LogP contribution in [0.1, 0.15) is 73.3 Å². The lowest BCUT2D eigenvalue weighted by atomic mass is 9.75. The minimum absolute atomic E-state index is 0.195. The largest absolute Gasteiger partial charge is 0.387 e. The van der Waals surface area contributed by atoms with Gasteiger partial charge >= 0.3 is 0 Å². The van der Waals surface area contributed by atoms with Gasteiger partial charge < -0.3 is 9.51 Å². The minimum Gasteiger partial charge on any atom is -0.387 e. The zero-order valence-electron chi connectivity index (χ0n) is 15.7. The third kappa shape index (κ3) is 3.23. The number of pyridine rings is 1. The number of imidazole rings is 1. The zero-order valence-corrected chi connectivity index (χ0v) is 16.4. The Labute approximate surface area is 169 Å². The Kier molecular flexibility index (Phi) is 4.64. The molecule has 2 heterocycles. The lowest BCUT2D eigenvalue weighted by molar-refractivity contribution is 0.0754. The second kappa shape index (κ2) is 7.16. The third-order valence-electron chi connectivity index (χ3n) is 6.59. The van der Waals surface area contributed by atoms with E-state index in [-0.39, 0.29) is 16.8 Å². The smallest absolute Gasteiger partial charge is 0.141 e. The van der Waals surface area contributed by atoms with E-state index in [0.29, 0.717) is 11.8 Å². The molecule has 2 aliphatic rings. The van der Waals surface area contributed by atoms with E-state index in [0.717, 1.165) is 42.5 Å². The maximum absolute atomic E-state index is 13.5. The van der Waals surface area contributed by atoms with Crippen LogP contribution in [0.5, 0.6) is 0 Å². The molecule has 2 saturated carbocycles. The molecular weight excluding hydrogens is 375 g/mol. The van der Waals surface area contributed by atoms with Crippen molar-refractivity contribution in [2.45, 2.75) is 56.5 Å². The Balaban J connectivity index is 1.37. The fourth-order valence-corrected chi connectivity index (χ4v) is 5.03. The fourth-order valence-electron chi connectivity index (χ4n) is 4.84. The number of nitrogens with zero attached hydrogens (tertiary/aromatic N) is 2. The number of hydrogen-bond acceptors (Lipinski definition) is 2. The summed E-state index contributed by atoms with van der Waals surface area (Å²) in [5.41, 5.74) is 4.46. The van der Waals surface area contributed by atoms with Crippen molar-refractivity contribution in [1.29, 1.82) is 0 Å². The van der Waals surface area contributed by atoms with Crippen molar-refractivity contribution in [3.8, 4) is 0 Å². The van der Waals surface area contributed by atoms with E-state index in [9.17, 15) is 9.50 Å². The lowest BCUT2D eigenvalue weighted by Gasteiger charge is -2.33. The van der Waals surface area contributed by atoms with E-state index in [4.69, 9.17) is 11.6 Å². The summed E-state index contributed by atoms with van der Waals surface area (Å²) in [5, 5.41) is 11.5. The van der Waals surface area contributed by atoms with E-state index in [1.165, 1.54) is 24.5 Å². The molecule has 0 radical (unpaired) electrons. The number of fused-ring (bicyclic) bond motifs is 1. The maximum atomic E-state index is 13.5. The van der Waals surface area contributed by atoms with Crippen molar-refractivity contribution in [3.63, 3.8) is 0 Å². The van der Waals surface area contributed by atoms with Crippen LogP contribution in [-0.2, 0) is 0 Å². The average molecular weight is 399 g/mol.